The minimum atomic E-state index is -4.20. The summed E-state index contributed by atoms with van der Waals surface area (Å²) in [5, 5.41) is 19.9. The van der Waals surface area contributed by atoms with E-state index in [9.17, 15) is 32.8 Å². The Morgan fingerprint density at radius 3 is 1.31 bits per heavy atom. The summed E-state index contributed by atoms with van der Waals surface area (Å²) in [5.41, 5.74) is 6.10. The van der Waals surface area contributed by atoms with E-state index in [1.54, 1.807) is 12.1 Å². The lowest BCUT2D eigenvalue weighted by atomic mass is 9.82. The fourth-order valence-corrected chi connectivity index (χ4v) is 7.09. The average molecular weight is 679 g/mol. The summed E-state index contributed by atoms with van der Waals surface area (Å²) in [6.07, 6.45) is 0. The number of hydrogen-bond acceptors (Lipinski definition) is 4. The fraction of sp³-hybridized carbons (Fsp3) is 0.220. The molecule has 0 unspecified atom stereocenters. The molecule has 0 atom stereocenters. The molecule has 0 aliphatic carbocycles. The maximum absolute atomic E-state index is 12.3. The molecule has 0 radical (unpaired) electrons. The van der Waals surface area contributed by atoms with Gasteiger partial charge in [-0.1, -0.05) is 145 Å². The van der Waals surface area contributed by atoms with Gasteiger partial charge in [0.2, 0.25) is 0 Å². The Balaban J connectivity index is 0.000000246. The second kappa shape index (κ2) is 15.4. The maximum Gasteiger partial charge on any atom is 0.337 e. The Kier molecular flexibility index (Phi) is 11.6. The van der Waals surface area contributed by atoms with Crippen molar-refractivity contribution in [1.82, 2.24) is 0 Å². The van der Waals surface area contributed by atoms with Crippen LogP contribution in [0, 0.1) is 0 Å². The molecule has 5 aromatic rings. The van der Waals surface area contributed by atoms with Gasteiger partial charge in [-0.25, -0.2) is 9.59 Å². The third kappa shape index (κ3) is 8.34. The van der Waals surface area contributed by atoms with Crippen LogP contribution in [0.3, 0.4) is 0 Å². The first kappa shape index (κ1) is 36.8. The molecule has 0 heterocycles. The summed E-state index contributed by atoms with van der Waals surface area (Å²) >= 11 is 0. The number of hydrogen-bond donors (Lipinski definition) is 3. The molecule has 0 aromatic heterocycles. The summed E-state index contributed by atoms with van der Waals surface area (Å²) < 4.78 is 33.0. The molecule has 0 bridgehead atoms. The zero-order valence-electron chi connectivity index (χ0n) is 28.5. The van der Waals surface area contributed by atoms with Gasteiger partial charge in [0.1, 0.15) is 4.90 Å². The van der Waals surface area contributed by atoms with Crippen molar-refractivity contribution < 1.29 is 32.8 Å². The van der Waals surface area contributed by atoms with E-state index >= 15 is 0 Å². The van der Waals surface area contributed by atoms with Crippen LogP contribution >= 0.6 is 0 Å². The van der Waals surface area contributed by atoms with E-state index in [1.807, 2.05) is 119 Å². The number of carboxylic acid groups (broad SMARTS) is 2. The van der Waals surface area contributed by atoms with Gasteiger partial charge in [-0.3, -0.25) is 4.55 Å². The van der Waals surface area contributed by atoms with E-state index in [2.05, 4.69) is 13.8 Å². The number of carboxylic acids is 2. The first-order chi connectivity index (χ1) is 23.1. The summed E-state index contributed by atoms with van der Waals surface area (Å²) in [6, 6.07) is 33.2. The van der Waals surface area contributed by atoms with Gasteiger partial charge in [-0.2, -0.15) is 8.42 Å². The van der Waals surface area contributed by atoms with Crippen LogP contribution in [0.25, 0.3) is 33.4 Å². The standard InChI is InChI=1S/C26H18O4.C15H24O3S/c27-25(28)21-16-20(17-10-4-1-5-11-17)22(18-12-6-2-7-13-18)23(24(21)26(29)30)19-14-8-3-9-15-19;1-9(2)12-7-13(10(3)4)15(19(16,17)18)14(8-12)11(5)6/h1-16H,(H,27,28)(H,29,30);7-11H,1-6H3,(H,16,17,18). The van der Waals surface area contributed by atoms with E-state index in [-0.39, 0.29) is 27.9 Å². The third-order valence-electron chi connectivity index (χ3n) is 8.32. The summed E-state index contributed by atoms with van der Waals surface area (Å²) in [5.74, 6) is -2.13. The quantitative estimate of drug-likeness (QED) is 0.132. The smallest absolute Gasteiger partial charge is 0.337 e. The molecule has 49 heavy (non-hydrogen) atoms. The van der Waals surface area contributed by atoms with E-state index in [0.717, 1.165) is 16.7 Å². The van der Waals surface area contributed by atoms with E-state index < -0.39 is 22.1 Å². The topological polar surface area (TPSA) is 129 Å². The first-order valence-corrected chi connectivity index (χ1v) is 17.6. The largest absolute Gasteiger partial charge is 0.478 e. The van der Waals surface area contributed by atoms with Crippen LogP contribution < -0.4 is 0 Å². The van der Waals surface area contributed by atoms with Gasteiger partial charge in [0.05, 0.1) is 11.1 Å². The molecule has 5 aromatic carbocycles. The van der Waals surface area contributed by atoms with Crippen LogP contribution in [-0.4, -0.2) is 35.1 Å². The molecule has 0 saturated heterocycles. The van der Waals surface area contributed by atoms with Crippen molar-refractivity contribution in [2.75, 3.05) is 0 Å². The molecule has 0 saturated carbocycles. The Morgan fingerprint density at radius 1 is 0.551 bits per heavy atom. The number of rotatable bonds is 9. The summed E-state index contributed by atoms with van der Waals surface area (Å²) in [6.45, 7) is 11.9. The second-order valence-electron chi connectivity index (χ2n) is 12.8. The monoisotopic (exact) mass is 678 g/mol. The van der Waals surface area contributed by atoms with Crippen molar-refractivity contribution in [1.29, 1.82) is 0 Å². The summed E-state index contributed by atoms with van der Waals surface area (Å²) in [7, 11) is -4.20. The predicted molar refractivity (Wildman–Crippen MR) is 195 cm³/mol. The first-order valence-electron chi connectivity index (χ1n) is 16.1. The van der Waals surface area contributed by atoms with Crippen molar-refractivity contribution in [3.8, 4) is 33.4 Å². The van der Waals surface area contributed by atoms with Crippen molar-refractivity contribution in [3.63, 3.8) is 0 Å². The minimum Gasteiger partial charge on any atom is -0.478 e. The molecule has 5 rings (SSSR count). The Labute approximate surface area is 288 Å². The lowest BCUT2D eigenvalue weighted by molar-refractivity contribution is 0.0652. The number of aromatic carboxylic acids is 2. The second-order valence-corrected chi connectivity index (χ2v) is 14.1. The molecule has 0 fully saturated rings. The van der Waals surface area contributed by atoms with E-state index in [0.29, 0.717) is 39.3 Å². The van der Waals surface area contributed by atoms with Crippen LogP contribution in [0.5, 0.6) is 0 Å². The maximum atomic E-state index is 12.3. The van der Waals surface area contributed by atoms with Crippen molar-refractivity contribution in [3.05, 3.63) is 137 Å². The highest BCUT2D eigenvalue weighted by molar-refractivity contribution is 7.86. The molecule has 0 spiro atoms. The van der Waals surface area contributed by atoms with Crippen molar-refractivity contribution >= 4 is 22.1 Å². The van der Waals surface area contributed by atoms with Crippen LogP contribution in [0.15, 0.2) is 114 Å². The van der Waals surface area contributed by atoms with E-state index in [4.69, 9.17) is 0 Å². The minimum absolute atomic E-state index is 0.0492. The van der Waals surface area contributed by atoms with Gasteiger partial charge in [-0.15, -0.1) is 0 Å². The molecular weight excluding hydrogens is 637 g/mol. The molecule has 8 heteroatoms. The van der Waals surface area contributed by atoms with Gasteiger partial charge in [0.25, 0.3) is 10.1 Å². The molecule has 0 amide bonds. The van der Waals surface area contributed by atoms with Crippen LogP contribution in [0.4, 0.5) is 0 Å². The molecule has 0 aliphatic rings. The molecular formula is C41H42O7S. The Morgan fingerprint density at radius 2 is 0.959 bits per heavy atom. The predicted octanol–water partition coefficient (Wildman–Crippen LogP) is 10.4. The van der Waals surface area contributed by atoms with Crippen molar-refractivity contribution in [2.24, 2.45) is 0 Å². The van der Waals surface area contributed by atoms with Crippen molar-refractivity contribution in [2.45, 2.75) is 64.2 Å². The van der Waals surface area contributed by atoms with Gasteiger partial charge in [0, 0.05) is 5.56 Å². The lowest BCUT2D eigenvalue weighted by Gasteiger charge is -2.20. The van der Waals surface area contributed by atoms with Gasteiger partial charge in [-0.05, 0) is 68.3 Å². The Hall–Kier alpha value is -5.05. The van der Waals surface area contributed by atoms with Crippen LogP contribution in [0.1, 0.15) is 96.7 Å². The third-order valence-corrected chi connectivity index (χ3v) is 9.31. The van der Waals surface area contributed by atoms with Gasteiger partial charge in [0.15, 0.2) is 0 Å². The summed E-state index contributed by atoms with van der Waals surface area (Å²) in [4.78, 5) is 24.5. The zero-order valence-corrected chi connectivity index (χ0v) is 29.3. The molecule has 254 valence electrons. The number of benzene rings is 5. The molecule has 0 aliphatic heterocycles. The number of carbonyl (C=O) groups is 2. The highest BCUT2D eigenvalue weighted by atomic mass is 32.2. The Bertz CT molecular complexity index is 2020. The highest BCUT2D eigenvalue weighted by Crippen LogP contribution is 2.44. The van der Waals surface area contributed by atoms with E-state index in [1.165, 1.54) is 6.07 Å². The van der Waals surface area contributed by atoms with Gasteiger partial charge < -0.3 is 10.2 Å². The average Bonchev–Trinajstić information content (AvgIpc) is 3.07. The van der Waals surface area contributed by atoms with Crippen LogP contribution in [0.2, 0.25) is 0 Å². The fourth-order valence-electron chi connectivity index (χ4n) is 5.90. The SMILES string of the molecule is CC(C)c1cc(C(C)C)c(S(=O)(=O)O)c(C(C)C)c1.O=C(O)c1cc(-c2ccccc2)c(-c2ccccc2)c(-c2ccccc2)c1C(=O)O. The highest BCUT2D eigenvalue weighted by Gasteiger charge is 2.28. The normalized spacial score (nSPS) is 11.4. The lowest BCUT2D eigenvalue weighted by Crippen LogP contribution is -2.12. The van der Waals surface area contributed by atoms with Crippen LogP contribution in [-0.2, 0) is 10.1 Å². The molecule has 3 N–H and O–H groups in total. The molecule has 7 nitrogen and oxygen atoms in total. The van der Waals surface area contributed by atoms with Gasteiger partial charge >= 0.3 is 11.9 Å². The zero-order chi connectivity index (χ0) is 36.0.